The van der Waals surface area contributed by atoms with Crippen molar-refractivity contribution < 1.29 is 4.74 Å². The largest absolute Gasteiger partial charge is 0.474 e. The maximum absolute atomic E-state index is 12.5. The van der Waals surface area contributed by atoms with Crippen LogP contribution in [0.25, 0.3) is 5.69 Å². The van der Waals surface area contributed by atoms with Crippen LogP contribution in [0.3, 0.4) is 0 Å². The summed E-state index contributed by atoms with van der Waals surface area (Å²) in [6.07, 6.45) is 6.42. The molecule has 108 valence electrons. The third-order valence-electron chi connectivity index (χ3n) is 2.94. The molecule has 0 bridgehead atoms. The molecule has 0 spiro atoms. The Morgan fingerprint density at radius 3 is 2.76 bits per heavy atom. The molecule has 1 aromatic heterocycles. The highest BCUT2D eigenvalue weighted by molar-refractivity contribution is 6.30. The number of terminal acetylenes is 1. The second kappa shape index (κ2) is 6.96. The second-order valence-electron chi connectivity index (χ2n) is 4.43. The van der Waals surface area contributed by atoms with Gasteiger partial charge in [0.15, 0.2) is 5.15 Å². The van der Waals surface area contributed by atoms with E-state index in [1.165, 1.54) is 4.57 Å². The van der Waals surface area contributed by atoms with Crippen LogP contribution in [0.2, 0.25) is 5.15 Å². The van der Waals surface area contributed by atoms with E-state index in [0.717, 1.165) is 5.69 Å². The zero-order chi connectivity index (χ0) is 15.2. The van der Waals surface area contributed by atoms with Crippen molar-refractivity contribution in [2.75, 3.05) is 6.61 Å². The van der Waals surface area contributed by atoms with E-state index in [1.807, 2.05) is 30.3 Å². The summed E-state index contributed by atoms with van der Waals surface area (Å²) in [5.41, 5.74) is 0.963. The number of nitrogens with zero attached hydrogens (tertiary/aromatic N) is 2. The van der Waals surface area contributed by atoms with Crippen LogP contribution in [-0.2, 0) is 0 Å². The third kappa shape index (κ3) is 3.45. The van der Waals surface area contributed by atoms with Crippen LogP contribution >= 0.6 is 11.6 Å². The minimum absolute atomic E-state index is 0.00789. The van der Waals surface area contributed by atoms with Gasteiger partial charge in [-0.2, -0.15) is 4.98 Å². The number of unbranched alkanes of at least 4 members (excludes halogenated alkanes) is 1. The maximum atomic E-state index is 12.5. The lowest BCUT2D eigenvalue weighted by molar-refractivity contribution is 0.295. The summed E-state index contributed by atoms with van der Waals surface area (Å²) in [6, 6.07) is 9.23. The van der Waals surface area contributed by atoms with Crippen LogP contribution in [-0.4, -0.2) is 16.2 Å². The number of rotatable bonds is 5. The Bertz CT molecular complexity index is 718. The first-order chi connectivity index (χ1) is 10.1. The van der Waals surface area contributed by atoms with Crippen molar-refractivity contribution >= 4 is 11.6 Å². The SMILES string of the molecule is C#CCCCOc1nc(Cl)c(C)n(-c2ccccc2)c1=O. The van der Waals surface area contributed by atoms with Crippen molar-refractivity contribution in [3.63, 3.8) is 0 Å². The van der Waals surface area contributed by atoms with Gasteiger partial charge in [-0.1, -0.05) is 29.8 Å². The van der Waals surface area contributed by atoms with Gasteiger partial charge in [0, 0.05) is 12.1 Å². The second-order valence-corrected chi connectivity index (χ2v) is 4.78. The molecule has 0 atom stereocenters. The van der Waals surface area contributed by atoms with Crippen molar-refractivity contribution in [2.24, 2.45) is 0 Å². The van der Waals surface area contributed by atoms with E-state index in [-0.39, 0.29) is 16.6 Å². The molecule has 0 saturated carbocycles. The summed E-state index contributed by atoms with van der Waals surface area (Å²) >= 11 is 6.10. The summed E-state index contributed by atoms with van der Waals surface area (Å²) < 4.78 is 6.90. The Labute approximate surface area is 128 Å². The summed E-state index contributed by atoms with van der Waals surface area (Å²) in [5.74, 6) is 2.51. The van der Waals surface area contributed by atoms with Gasteiger partial charge in [-0.15, -0.1) is 12.3 Å². The van der Waals surface area contributed by atoms with Gasteiger partial charge in [-0.3, -0.25) is 9.36 Å². The average molecular weight is 303 g/mol. The summed E-state index contributed by atoms with van der Waals surface area (Å²) in [6.45, 7) is 2.08. The number of aromatic nitrogens is 2. The van der Waals surface area contributed by atoms with Gasteiger partial charge >= 0.3 is 5.56 Å². The normalized spacial score (nSPS) is 10.1. The molecule has 0 aliphatic carbocycles. The standard InChI is InChI=1S/C16H15ClN2O2/c1-3-4-8-11-21-15-16(20)19(12(2)14(17)18-15)13-9-6-5-7-10-13/h1,5-7,9-10H,4,8,11H2,2H3. The number of hydrogen-bond acceptors (Lipinski definition) is 3. The average Bonchev–Trinajstić information content (AvgIpc) is 2.50. The fourth-order valence-electron chi connectivity index (χ4n) is 1.88. The number of ether oxygens (including phenoxy) is 1. The molecule has 2 aromatic rings. The van der Waals surface area contributed by atoms with E-state index < -0.39 is 0 Å². The molecule has 0 N–H and O–H groups in total. The molecule has 0 unspecified atom stereocenters. The Kier molecular flexibility index (Phi) is 5.02. The highest BCUT2D eigenvalue weighted by Crippen LogP contribution is 2.17. The van der Waals surface area contributed by atoms with Gasteiger partial charge in [-0.25, -0.2) is 0 Å². The number of halogens is 1. The van der Waals surface area contributed by atoms with Gasteiger partial charge in [-0.05, 0) is 25.5 Å². The molecule has 2 rings (SSSR count). The van der Waals surface area contributed by atoms with Gasteiger partial charge in [0.1, 0.15) is 0 Å². The smallest absolute Gasteiger partial charge is 0.318 e. The lowest BCUT2D eigenvalue weighted by Crippen LogP contribution is -2.24. The van der Waals surface area contributed by atoms with E-state index >= 15 is 0 Å². The van der Waals surface area contributed by atoms with E-state index in [4.69, 9.17) is 22.8 Å². The first kappa shape index (κ1) is 15.1. The fourth-order valence-corrected chi connectivity index (χ4v) is 2.04. The highest BCUT2D eigenvalue weighted by atomic mass is 35.5. The van der Waals surface area contributed by atoms with Crippen molar-refractivity contribution in [2.45, 2.75) is 19.8 Å². The first-order valence-corrected chi connectivity index (χ1v) is 6.93. The maximum Gasteiger partial charge on any atom is 0.318 e. The number of hydrogen-bond donors (Lipinski definition) is 0. The lowest BCUT2D eigenvalue weighted by atomic mass is 10.3. The molecule has 21 heavy (non-hydrogen) atoms. The van der Waals surface area contributed by atoms with Crippen molar-refractivity contribution in [3.8, 4) is 23.9 Å². The van der Waals surface area contributed by atoms with Gasteiger partial charge in [0.05, 0.1) is 12.3 Å². The topological polar surface area (TPSA) is 44.1 Å². The lowest BCUT2D eigenvalue weighted by Gasteiger charge is -2.13. The molecule has 0 radical (unpaired) electrons. The van der Waals surface area contributed by atoms with Crippen LogP contribution < -0.4 is 10.3 Å². The molecule has 0 aliphatic heterocycles. The minimum atomic E-state index is -0.330. The van der Waals surface area contributed by atoms with Crippen LogP contribution in [0, 0.1) is 19.3 Å². The van der Waals surface area contributed by atoms with E-state index in [2.05, 4.69) is 10.9 Å². The zero-order valence-corrected chi connectivity index (χ0v) is 12.4. The number of benzene rings is 1. The Morgan fingerprint density at radius 1 is 1.38 bits per heavy atom. The summed E-state index contributed by atoms with van der Waals surface area (Å²) in [7, 11) is 0. The van der Waals surface area contributed by atoms with Crippen molar-refractivity contribution in [1.82, 2.24) is 9.55 Å². The Hall–Kier alpha value is -2.25. The highest BCUT2D eigenvalue weighted by Gasteiger charge is 2.14. The summed E-state index contributed by atoms with van der Waals surface area (Å²) in [5, 5.41) is 0.241. The Morgan fingerprint density at radius 2 is 2.10 bits per heavy atom. The minimum Gasteiger partial charge on any atom is -0.474 e. The molecule has 1 heterocycles. The molecule has 4 nitrogen and oxygen atoms in total. The monoisotopic (exact) mass is 302 g/mol. The summed E-state index contributed by atoms with van der Waals surface area (Å²) in [4.78, 5) is 16.5. The van der Waals surface area contributed by atoms with E-state index in [0.29, 0.717) is 25.1 Å². The van der Waals surface area contributed by atoms with Gasteiger partial charge in [0.25, 0.3) is 5.88 Å². The molecule has 0 aliphatic rings. The van der Waals surface area contributed by atoms with Crippen LogP contribution in [0.5, 0.6) is 5.88 Å². The zero-order valence-electron chi connectivity index (χ0n) is 11.7. The van der Waals surface area contributed by atoms with Gasteiger partial charge < -0.3 is 4.74 Å². The molecule has 1 aromatic carbocycles. The molecular formula is C16H15ClN2O2. The Balaban J connectivity index is 2.40. The molecule has 0 amide bonds. The fraction of sp³-hybridized carbons (Fsp3) is 0.250. The van der Waals surface area contributed by atoms with Crippen LogP contribution in [0.4, 0.5) is 0 Å². The molecule has 0 fully saturated rings. The molecule has 0 saturated heterocycles. The first-order valence-electron chi connectivity index (χ1n) is 6.56. The predicted molar refractivity (Wildman–Crippen MR) is 83.1 cm³/mol. The van der Waals surface area contributed by atoms with E-state index in [1.54, 1.807) is 6.92 Å². The molecular weight excluding hydrogens is 288 g/mol. The van der Waals surface area contributed by atoms with Gasteiger partial charge in [0.2, 0.25) is 0 Å². The van der Waals surface area contributed by atoms with Crippen LogP contribution in [0.15, 0.2) is 35.1 Å². The van der Waals surface area contributed by atoms with Crippen molar-refractivity contribution in [1.29, 1.82) is 0 Å². The van der Waals surface area contributed by atoms with E-state index in [9.17, 15) is 4.79 Å². The predicted octanol–water partition coefficient (Wildman–Crippen LogP) is 2.99. The van der Waals surface area contributed by atoms with Crippen molar-refractivity contribution in [3.05, 3.63) is 51.5 Å². The third-order valence-corrected chi connectivity index (χ3v) is 3.30. The quantitative estimate of drug-likeness (QED) is 0.630. The van der Waals surface area contributed by atoms with Crippen LogP contribution in [0.1, 0.15) is 18.5 Å². The molecule has 5 heteroatoms. The number of para-hydroxylation sites is 1.